The molecular formula is C17H21N3. The first kappa shape index (κ1) is 14.1. The normalized spacial score (nSPS) is 11.3. The molecule has 104 valence electrons. The summed E-state index contributed by atoms with van der Waals surface area (Å²) in [6, 6.07) is 18.5. The van der Waals surface area contributed by atoms with Crippen LogP contribution < -0.4 is 11.1 Å². The van der Waals surface area contributed by atoms with Crippen molar-refractivity contribution in [3.63, 3.8) is 0 Å². The lowest BCUT2D eigenvalue weighted by atomic mass is 10.1. The first-order valence-electron chi connectivity index (χ1n) is 6.97. The van der Waals surface area contributed by atoms with Crippen LogP contribution in [0.3, 0.4) is 0 Å². The average Bonchev–Trinajstić information content (AvgIpc) is 2.49. The summed E-state index contributed by atoms with van der Waals surface area (Å²) in [5.74, 6) is 0.460. The van der Waals surface area contributed by atoms with Gasteiger partial charge in [0.15, 0.2) is 5.96 Å². The van der Waals surface area contributed by atoms with Crippen LogP contribution in [0.2, 0.25) is 0 Å². The number of guanidine groups is 1. The van der Waals surface area contributed by atoms with Crippen molar-refractivity contribution in [1.82, 2.24) is 0 Å². The summed E-state index contributed by atoms with van der Waals surface area (Å²) in [6.45, 7) is 2.85. The first-order valence-corrected chi connectivity index (χ1v) is 6.97. The lowest BCUT2D eigenvalue weighted by molar-refractivity contribution is 0.961. The highest BCUT2D eigenvalue weighted by Crippen LogP contribution is 2.06. The van der Waals surface area contributed by atoms with Gasteiger partial charge in [-0.05, 0) is 36.1 Å². The molecule has 0 aliphatic carbocycles. The first-order chi connectivity index (χ1) is 9.78. The van der Waals surface area contributed by atoms with Gasteiger partial charge < -0.3 is 11.1 Å². The Morgan fingerprint density at radius 1 is 1.00 bits per heavy atom. The zero-order valence-corrected chi connectivity index (χ0v) is 11.8. The Bertz CT molecular complexity index is 544. The van der Waals surface area contributed by atoms with Gasteiger partial charge in [0.1, 0.15) is 0 Å². The number of nitrogens with one attached hydrogen (secondary N) is 1. The number of rotatable bonds is 5. The second kappa shape index (κ2) is 7.34. The fraction of sp³-hybridized carbons (Fsp3) is 0.235. The van der Waals surface area contributed by atoms with Crippen molar-refractivity contribution in [2.75, 3.05) is 11.9 Å². The Morgan fingerprint density at radius 3 is 2.30 bits per heavy atom. The van der Waals surface area contributed by atoms with Gasteiger partial charge in [0.05, 0.1) is 0 Å². The van der Waals surface area contributed by atoms with Gasteiger partial charge in [0.25, 0.3) is 0 Å². The molecule has 2 rings (SSSR count). The molecular weight excluding hydrogens is 246 g/mol. The maximum Gasteiger partial charge on any atom is 0.193 e. The molecule has 3 heteroatoms. The van der Waals surface area contributed by atoms with E-state index in [4.69, 9.17) is 5.73 Å². The molecule has 0 aromatic heterocycles. The third-order valence-electron chi connectivity index (χ3n) is 3.16. The summed E-state index contributed by atoms with van der Waals surface area (Å²) in [6.07, 6.45) is 1.98. The number of hydrogen-bond donors (Lipinski definition) is 2. The number of nitrogens with zero attached hydrogens (tertiary/aromatic N) is 1. The van der Waals surface area contributed by atoms with E-state index in [1.54, 1.807) is 0 Å². The van der Waals surface area contributed by atoms with Crippen LogP contribution in [-0.2, 0) is 12.8 Å². The van der Waals surface area contributed by atoms with Crippen molar-refractivity contribution in [3.8, 4) is 0 Å². The smallest absolute Gasteiger partial charge is 0.193 e. The molecule has 3 N–H and O–H groups in total. The van der Waals surface area contributed by atoms with Gasteiger partial charge in [0.2, 0.25) is 0 Å². The van der Waals surface area contributed by atoms with Crippen molar-refractivity contribution in [3.05, 3.63) is 65.7 Å². The van der Waals surface area contributed by atoms with Crippen molar-refractivity contribution in [2.45, 2.75) is 19.8 Å². The van der Waals surface area contributed by atoms with Gasteiger partial charge in [-0.25, -0.2) is 0 Å². The van der Waals surface area contributed by atoms with Crippen molar-refractivity contribution < 1.29 is 0 Å². The predicted molar refractivity (Wildman–Crippen MR) is 86.1 cm³/mol. The van der Waals surface area contributed by atoms with Gasteiger partial charge in [-0.1, -0.05) is 49.4 Å². The zero-order chi connectivity index (χ0) is 14.2. The molecule has 0 saturated heterocycles. The number of benzene rings is 2. The van der Waals surface area contributed by atoms with Crippen LogP contribution in [0.5, 0.6) is 0 Å². The van der Waals surface area contributed by atoms with Crippen LogP contribution >= 0.6 is 0 Å². The highest BCUT2D eigenvalue weighted by atomic mass is 15.1. The molecule has 0 aliphatic rings. The quantitative estimate of drug-likeness (QED) is 0.645. The standard InChI is InChI=1S/C17H21N3/c1-2-14-8-10-15(11-9-14)12-13-19-17(18)20-16-6-4-3-5-7-16/h3-11H,2,12-13H2,1H3,(H3,18,19,20). The number of aliphatic imine (C=N–C) groups is 1. The highest BCUT2D eigenvalue weighted by Gasteiger charge is 1.95. The lowest BCUT2D eigenvalue weighted by Crippen LogP contribution is -2.23. The van der Waals surface area contributed by atoms with E-state index >= 15 is 0 Å². The van der Waals surface area contributed by atoms with E-state index in [0.29, 0.717) is 12.5 Å². The summed E-state index contributed by atoms with van der Waals surface area (Å²) >= 11 is 0. The van der Waals surface area contributed by atoms with Crippen LogP contribution in [0, 0.1) is 0 Å². The Kier molecular flexibility index (Phi) is 5.18. The van der Waals surface area contributed by atoms with Gasteiger partial charge in [-0.3, -0.25) is 4.99 Å². The molecule has 0 unspecified atom stereocenters. The number of hydrogen-bond acceptors (Lipinski definition) is 1. The second-order valence-electron chi connectivity index (χ2n) is 4.68. The molecule has 0 aliphatic heterocycles. The van der Waals surface area contributed by atoms with Gasteiger partial charge in [0, 0.05) is 12.2 Å². The van der Waals surface area contributed by atoms with Crippen molar-refractivity contribution >= 4 is 11.6 Å². The maximum atomic E-state index is 5.85. The molecule has 20 heavy (non-hydrogen) atoms. The molecule has 0 bridgehead atoms. The molecule has 0 heterocycles. The monoisotopic (exact) mass is 267 g/mol. The zero-order valence-electron chi connectivity index (χ0n) is 11.8. The van der Waals surface area contributed by atoms with Crippen LogP contribution in [0.25, 0.3) is 0 Å². The van der Waals surface area contributed by atoms with Crippen LogP contribution in [0.15, 0.2) is 59.6 Å². The molecule has 0 saturated carbocycles. The topological polar surface area (TPSA) is 50.4 Å². The van der Waals surface area contributed by atoms with Crippen LogP contribution in [0.4, 0.5) is 5.69 Å². The molecule has 3 nitrogen and oxygen atoms in total. The van der Waals surface area contributed by atoms with E-state index in [2.05, 4.69) is 41.5 Å². The number of aryl methyl sites for hydroxylation is 1. The van der Waals surface area contributed by atoms with E-state index in [-0.39, 0.29) is 0 Å². The van der Waals surface area contributed by atoms with Crippen molar-refractivity contribution in [1.29, 1.82) is 0 Å². The number of anilines is 1. The number of para-hydroxylation sites is 1. The SMILES string of the molecule is CCc1ccc(CCN=C(N)Nc2ccccc2)cc1. The largest absolute Gasteiger partial charge is 0.370 e. The second-order valence-corrected chi connectivity index (χ2v) is 4.68. The third-order valence-corrected chi connectivity index (χ3v) is 3.16. The van der Waals surface area contributed by atoms with E-state index in [0.717, 1.165) is 18.5 Å². The van der Waals surface area contributed by atoms with Crippen LogP contribution in [0.1, 0.15) is 18.1 Å². The molecule has 0 amide bonds. The molecule has 2 aromatic carbocycles. The van der Waals surface area contributed by atoms with E-state index < -0.39 is 0 Å². The Hall–Kier alpha value is -2.29. The molecule has 0 spiro atoms. The summed E-state index contributed by atoms with van der Waals surface area (Å²) in [7, 11) is 0. The predicted octanol–water partition coefficient (Wildman–Crippen LogP) is 3.22. The number of nitrogens with two attached hydrogens (primary N) is 1. The minimum Gasteiger partial charge on any atom is -0.370 e. The van der Waals surface area contributed by atoms with Gasteiger partial charge in [-0.15, -0.1) is 0 Å². The fourth-order valence-corrected chi connectivity index (χ4v) is 1.96. The summed E-state index contributed by atoms with van der Waals surface area (Å²) in [5.41, 5.74) is 9.47. The third kappa shape index (κ3) is 4.43. The van der Waals surface area contributed by atoms with E-state index in [1.165, 1.54) is 11.1 Å². The Labute approximate surface area is 120 Å². The maximum absolute atomic E-state index is 5.85. The lowest BCUT2D eigenvalue weighted by Gasteiger charge is -2.05. The molecule has 0 atom stereocenters. The van der Waals surface area contributed by atoms with Crippen LogP contribution in [-0.4, -0.2) is 12.5 Å². The molecule has 0 radical (unpaired) electrons. The van der Waals surface area contributed by atoms with Gasteiger partial charge in [-0.2, -0.15) is 0 Å². The van der Waals surface area contributed by atoms with E-state index in [9.17, 15) is 0 Å². The van der Waals surface area contributed by atoms with Gasteiger partial charge >= 0.3 is 0 Å². The summed E-state index contributed by atoms with van der Waals surface area (Å²) < 4.78 is 0. The minimum absolute atomic E-state index is 0.460. The van der Waals surface area contributed by atoms with Crippen molar-refractivity contribution in [2.24, 2.45) is 10.7 Å². The fourth-order valence-electron chi connectivity index (χ4n) is 1.96. The summed E-state index contributed by atoms with van der Waals surface area (Å²) in [4.78, 5) is 4.34. The minimum atomic E-state index is 0.460. The summed E-state index contributed by atoms with van der Waals surface area (Å²) in [5, 5.41) is 3.07. The van der Waals surface area contributed by atoms with E-state index in [1.807, 2.05) is 30.3 Å². The highest BCUT2D eigenvalue weighted by molar-refractivity contribution is 5.92. The molecule has 0 fully saturated rings. The molecule has 2 aromatic rings. The Morgan fingerprint density at radius 2 is 1.65 bits per heavy atom. The average molecular weight is 267 g/mol. The Balaban J connectivity index is 1.82.